The summed E-state index contributed by atoms with van der Waals surface area (Å²) in [6.07, 6.45) is 1.05. The lowest BCUT2D eigenvalue weighted by molar-refractivity contribution is 0.556. The van der Waals surface area contributed by atoms with Crippen LogP contribution in [0.15, 0.2) is 28.7 Å². The molecule has 0 atom stereocenters. The molecule has 0 aliphatic heterocycles. The van der Waals surface area contributed by atoms with Crippen molar-refractivity contribution >= 4 is 22.9 Å². The second-order valence-electron chi connectivity index (χ2n) is 3.27. The zero-order valence-corrected chi connectivity index (χ0v) is 9.30. The van der Waals surface area contributed by atoms with Gasteiger partial charge in [0.1, 0.15) is 5.52 Å². The molecule has 1 aromatic carbocycles. The monoisotopic (exact) mass is 222 g/mol. The van der Waals surface area contributed by atoms with Crippen molar-refractivity contribution in [2.45, 2.75) is 12.2 Å². The van der Waals surface area contributed by atoms with Crippen LogP contribution in [0.4, 0.5) is 0 Å². The lowest BCUT2D eigenvalue weighted by atomic mass is 10.3. The number of hydrogen-bond donors (Lipinski definition) is 1. The number of rotatable bonds is 5. The highest BCUT2D eigenvalue weighted by Crippen LogP contribution is 2.18. The third kappa shape index (κ3) is 2.73. The van der Waals surface area contributed by atoms with Crippen molar-refractivity contribution in [2.75, 3.05) is 12.3 Å². The maximum Gasteiger partial charge on any atom is 0.205 e. The maximum absolute atomic E-state index is 5.59. The lowest BCUT2D eigenvalue weighted by Crippen LogP contribution is -1.99. The largest absolute Gasteiger partial charge is 0.440 e. The summed E-state index contributed by atoms with van der Waals surface area (Å²) < 4.78 is 5.59. The van der Waals surface area contributed by atoms with Gasteiger partial charge in [-0.05, 0) is 30.9 Å². The number of fused-ring (bicyclic) bond motifs is 1. The summed E-state index contributed by atoms with van der Waals surface area (Å²) >= 11 is 1.81. The molecule has 2 rings (SSSR count). The van der Waals surface area contributed by atoms with Gasteiger partial charge >= 0.3 is 0 Å². The molecular formula is C11H14N2OS. The minimum Gasteiger partial charge on any atom is -0.440 e. The summed E-state index contributed by atoms with van der Waals surface area (Å²) in [7, 11) is 0. The van der Waals surface area contributed by atoms with Crippen LogP contribution in [0.5, 0.6) is 0 Å². The predicted octanol–water partition coefficient (Wildman–Crippen LogP) is 2.41. The molecule has 1 heterocycles. The molecule has 80 valence electrons. The maximum atomic E-state index is 5.59. The van der Waals surface area contributed by atoms with Gasteiger partial charge < -0.3 is 10.2 Å². The smallest absolute Gasteiger partial charge is 0.205 e. The van der Waals surface area contributed by atoms with E-state index in [4.69, 9.17) is 10.2 Å². The van der Waals surface area contributed by atoms with E-state index in [-0.39, 0.29) is 0 Å². The van der Waals surface area contributed by atoms with Gasteiger partial charge in [0.15, 0.2) is 5.58 Å². The molecule has 2 N–H and O–H groups in total. The van der Waals surface area contributed by atoms with Crippen molar-refractivity contribution in [3.05, 3.63) is 30.2 Å². The number of hydrogen-bond acceptors (Lipinski definition) is 4. The minimum absolute atomic E-state index is 0.751. The highest BCUT2D eigenvalue weighted by Gasteiger charge is 2.03. The molecule has 0 saturated carbocycles. The molecule has 3 nitrogen and oxygen atoms in total. The van der Waals surface area contributed by atoms with E-state index < -0.39 is 0 Å². The molecule has 0 aliphatic rings. The Hall–Kier alpha value is -1.00. The normalized spacial score (nSPS) is 11.0. The van der Waals surface area contributed by atoms with E-state index in [1.54, 1.807) is 0 Å². The third-order valence-corrected chi connectivity index (χ3v) is 3.08. The fourth-order valence-electron chi connectivity index (χ4n) is 1.33. The summed E-state index contributed by atoms with van der Waals surface area (Å²) in [5, 5.41) is 0. The van der Waals surface area contributed by atoms with E-state index in [1.807, 2.05) is 36.0 Å². The highest BCUT2D eigenvalue weighted by molar-refractivity contribution is 7.98. The molecular weight excluding hydrogens is 208 g/mol. The Balaban J connectivity index is 1.97. The van der Waals surface area contributed by atoms with Crippen LogP contribution in [-0.4, -0.2) is 17.3 Å². The molecule has 0 unspecified atom stereocenters. The molecule has 0 amide bonds. The van der Waals surface area contributed by atoms with Crippen LogP contribution >= 0.6 is 11.8 Å². The lowest BCUT2D eigenvalue weighted by Gasteiger charge is -1.95. The van der Waals surface area contributed by atoms with Crippen LogP contribution in [0.1, 0.15) is 12.3 Å². The van der Waals surface area contributed by atoms with E-state index in [0.717, 1.165) is 41.5 Å². The van der Waals surface area contributed by atoms with Gasteiger partial charge in [-0.25, -0.2) is 4.98 Å². The molecule has 0 radical (unpaired) electrons. The number of nitrogens with zero attached hydrogens (tertiary/aromatic N) is 1. The van der Waals surface area contributed by atoms with Crippen LogP contribution in [-0.2, 0) is 5.75 Å². The molecule has 1 aromatic heterocycles. The molecule has 2 aromatic rings. The van der Waals surface area contributed by atoms with Crippen molar-refractivity contribution in [3.63, 3.8) is 0 Å². The second-order valence-corrected chi connectivity index (χ2v) is 4.38. The van der Waals surface area contributed by atoms with Crippen LogP contribution in [0.2, 0.25) is 0 Å². The Morgan fingerprint density at radius 1 is 1.33 bits per heavy atom. The van der Waals surface area contributed by atoms with Gasteiger partial charge in [-0.15, -0.1) is 0 Å². The summed E-state index contributed by atoms with van der Waals surface area (Å²) in [6.45, 7) is 0.751. The standard InChI is InChI=1S/C11H14N2OS/c12-6-3-7-15-8-11-13-9-4-1-2-5-10(9)14-11/h1-2,4-5H,3,6-8,12H2. The molecule has 0 saturated heterocycles. The SMILES string of the molecule is NCCCSCc1nc2ccccc2o1. The predicted molar refractivity (Wildman–Crippen MR) is 63.8 cm³/mol. The third-order valence-electron chi connectivity index (χ3n) is 2.06. The minimum atomic E-state index is 0.751. The Bertz CT molecular complexity index is 394. The van der Waals surface area contributed by atoms with Crippen molar-refractivity contribution < 1.29 is 4.42 Å². The summed E-state index contributed by atoms with van der Waals surface area (Å²) in [6, 6.07) is 7.83. The van der Waals surface area contributed by atoms with E-state index >= 15 is 0 Å². The van der Waals surface area contributed by atoms with Crippen molar-refractivity contribution in [1.29, 1.82) is 0 Å². The first-order valence-electron chi connectivity index (χ1n) is 5.02. The zero-order valence-electron chi connectivity index (χ0n) is 8.48. The topological polar surface area (TPSA) is 52.0 Å². The average Bonchev–Trinajstić information content (AvgIpc) is 2.67. The second kappa shape index (κ2) is 5.19. The molecule has 0 fully saturated rings. The van der Waals surface area contributed by atoms with Gasteiger partial charge in [-0.1, -0.05) is 12.1 Å². The van der Waals surface area contributed by atoms with E-state index in [1.165, 1.54) is 0 Å². The summed E-state index contributed by atoms with van der Waals surface area (Å²) in [4.78, 5) is 4.39. The van der Waals surface area contributed by atoms with E-state index in [2.05, 4.69) is 4.98 Å². The van der Waals surface area contributed by atoms with Gasteiger partial charge in [0.05, 0.1) is 5.75 Å². The number of thioether (sulfide) groups is 1. The first-order chi connectivity index (χ1) is 7.40. The first-order valence-corrected chi connectivity index (χ1v) is 6.18. The molecule has 15 heavy (non-hydrogen) atoms. The van der Waals surface area contributed by atoms with Gasteiger partial charge in [-0.2, -0.15) is 11.8 Å². The number of para-hydroxylation sites is 2. The number of benzene rings is 1. The fourth-order valence-corrected chi connectivity index (χ4v) is 2.14. The molecule has 0 spiro atoms. The van der Waals surface area contributed by atoms with Crippen LogP contribution in [0, 0.1) is 0 Å². The van der Waals surface area contributed by atoms with Crippen molar-refractivity contribution in [1.82, 2.24) is 4.98 Å². The quantitative estimate of drug-likeness (QED) is 0.789. The summed E-state index contributed by atoms with van der Waals surface area (Å²) in [5.41, 5.74) is 7.22. The zero-order chi connectivity index (χ0) is 10.5. The van der Waals surface area contributed by atoms with Crippen molar-refractivity contribution in [2.24, 2.45) is 5.73 Å². The van der Waals surface area contributed by atoms with Crippen molar-refractivity contribution in [3.8, 4) is 0 Å². The van der Waals surface area contributed by atoms with Gasteiger partial charge in [0.2, 0.25) is 5.89 Å². The van der Waals surface area contributed by atoms with Crippen LogP contribution in [0.3, 0.4) is 0 Å². The number of nitrogens with two attached hydrogens (primary N) is 1. The van der Waals surface area contributed by atoms with Crippen LogP contribution < -0.4 is 5.73 Å². The molecule has 0 bridgehead atoms. The first kappa shape index (κ1) is 10.5. The Morgan fingerprint density at radius 3 is 3.00 bits per heavy atom. The highest BCUT2D eigenvalue weighted by atomic mass is 32.2. The average molecular weight is 222 g/mol. The Labute approximate surface area is 93.0 Å². The van der Waals surface area contributed by atoms with E-state index in [9.17, 15) is 0 Å². The van der Waals surface area contributed by atoms with Gasteiger partial charge in [0.25, 0.3) is 0 Å². The summed E-state index contributed by atoms with van der Waals surface area (Å²) in [5.74, 6) is 2.70. The van der Waals surface area contributed by atoms with E-state index in [0.29, 0.717) is 0 Å². The Morgan fingerprint density at radius 2 is 2.20 bits per heavy atom. The van der Waals surface area contributed by atoms with Gasteiger partial charge in [-0.3, -0.25) is 0 Å². The molecule has 4 heteroatoms. The fraction of sp³-hybridized carbons (Fsp3) is 0.364. The van der Waals surface area contributed by atoms with Gasteiger partial charge in [0, 0.05) is 0 Å². The van der Waals surface area contributed by atoms with Crippen LogP contribution in [0.25, 0.3) is 11.1 Å². The molecule has 0 aliphatic carbocycles. The number of aromatic nitrogens is 1. The number of oxazole rings is 1. The Kier molecular flexibility index (Phi) is 3.64.